The summed E-state index contributed by atoms with van der Waals surface area (Å²) in [7, 11) is -3.53. The fraction of sp³-hybridized carbons (Fsp3) is 0.409. The fourth-order valence-corrected chi connectivity index (χ4v) is 4.37. The number of nitrogens with zero attached hydrogens (tertiary/aromatic N) is 1. The molecule has 5 nitrogen and oxygen atoms in total. The van der Waals surface area contributed by atoms with E-state index in [1.807, 2.05) is 6.07 Å². The van der Waals surface area contributed by atoms with Crippen LogP contribution in [0.2, 0.25) is 5.02 Å². The minimum absolute atomic E-state index is 0.0647. The van der Waals surface area contributed by atoms with E-state index >= 15 is 0 Å². The summed E-state index contributed by atoms with van der Waals surface area (Å²) in [5.74, 6) is 0.463. The molecule has 0 aliphatic carbocycles. The van der Waals surface area contributed by atoms with Crippen molar-refractivity contribution in [2.45, 2.75) is 40.3 Å². The van der Waals surface area contributed by atoms with Gasteiger partial charge in [-0.1, -0.05) is 57.5 Å². The molecule has 0 saturated heterocycles. The highest BCUT2D eigenvalue weighted by Gasteiger charge is 2.22. The number of hydrogen-bond donors (Lipinski definition) is 1. The number of nitrogens with one attached hydrogen (secondary N) is 1. The van der Waals surface area contributed by atoms with Gasteiger partial charge in [0.2, 0.25) is 10.0 Å². The van der Waals surface area contributed by atoms with Gasteiger partial charge in [0.15, 0.2) is 0 Å². The zero-order valence-corrected chi connectivity index (χ0v) is 19.1. The van der Waals surface area contributed by atoms with E-state index in [0.29, 0.717) is 33.7 Å². The van der Waals surface area contributed by atoms with Gasteiger partial charge in [0.05, 0.1) is 18.5 Å². The molecule has 0 atom stereocenters. The maximum atomic E-state index is 12.6. The van der Waals surface area contributed by atoms with Gasteiger partial charge in [0.1, 0.15) is 0 Å². The van der Waals surface area contributed by atoms with Crippen molar-refractivity contribution in [1.29, 1.82) is 0 Å². The van der Waals surface area contributed by atoms with Crippen molar-refractivity contribution < 1.29 is 13.2 Å². The average Bonchev–Trinajstić information content (AvgIpc) is 2.64. The van der Waals surface area contributed by atoms with Crippen LogP contribution < -0.4 is 9.62 Å². The Morgan fingerprint density at radius 1 is 1.00 bits per heavy atom. The highest BCUT2D eigenvalue weighted by atomic mass is 35.5. The molecule has 1 amide bonds. The number of amides is 1. The second-order valence-electron chi connectivity index (χ2n) is 7.90. The van der Waals surface area contributed by atoms with E-state index in [1.54, 1.807) is 42.5 Å². The molecule has 0 unspecified atom stereocenters. The maximum Gasteiger partial charge on any atom is 0.251 e. The lowest BCUT2D eigenvalue weighted by atomic mass is 9.93. The number of sulfonamides is 1. The van der Waals surface area contributed by atoms with Crippen LogP contribution in [-0.2, 0) is 16.6 Å². The zero-order valence-electron chi connectivity index (χ0n) is 17.5. The summed E-state index contributed by atoms with van der Waals surface area (Å²) in [5.41, 5.74) is 1.68. The van der Waals surface area contributed by atoms with Crippen molar-refractivity contribution in [2.24, 2.45) is 11.8 Å². The predicted molar refractivity (Wildman–Crippen MR) is 120 cm³/mol. The third kappa shape index (κ3) is 6.21. The Morgan fingerprint density at radius 3 is 2.03 bits per heavy atom. The van der Waals surface area contributed by atoms with Gasteiger partial charge in [-0.3, -0.25) is 9.10 Å². The van der Waals surface area contributed by atoms with Crippen LogP contribution in [0.5, 0.6) is 0 Å². The monoisotopic (exact) mass is 436 g/mol. The van der Waals surface area contributed by atoms with Crippen molar-refractivity contribution in [3.8, 4) is 0 Å². The van der Waals surface area contributed by atoms with Crippen LogP contribution >= 0.6 is 11.6 Å². The van der Waals surface area contributed by atoms with E-state index in [1.165, 1.54) is 4.31 Å². The molecule has 2 aromatic carbocycles. The average molecular weight is 437 g/mol. The van der Waals surface area contributed by atoms with Gasteiger partial charge in [0, 0.05) is 16.6 Å². The lowest BCUT2D eigenvalue weighted by Crippen LogP contribution is -2.42. The molecule has 7 heteroatoms. The lowest BCUT2D eigenvalue weighted by Gasteiger charge is -2.26. The first kappa shape index (κ1) is 23.2. The quantitative estimate of drug-likeness (QED) is 0.651. The zero-order chi connectivity index (χ0) is 21.8. The predicted octanol–water partition coefficient (Wildman–Crippen LogP) is 4.72. The van der Waals surface area contributed by atoms with Gasteiger partial charge in [-0.05, 0) is 47.7 Å². The standard InChI is InChI=1S/C22H29ClN2O3S/c1-15(2)21(16(3)4)24-22(26)17-10-12-19(13-11-17)25(29(5,27)28)14-18-8-6-7-9-20(18)23/h6-13,15-16,21H,14H2,1-5H3,(H,24,26). The third-order valence-electron chi connectivity index (χ3n) is 4.82. The molecule has 158 valence electrons. The molecule has 0 aliphatic heterocycles. The number of carbonyl (C=O) groups is 1. The summed E-state index contributed by atoms with van der Waals surface area (Å²) in [6, 6.07) is 13.8. The van der Waals surface area contributed by atoms with Crippen molar-refractivity contribution in [2.75, 3.05) is 10.6 Å². The van der Waals surface area contributed by atoms with E-state index < -0.39 is 10.0 Å². The summed E-state index contributed by atoms with van der Waals surface area (Å²) < 4.78 is 26.0. The second kappa shape index (κ2) is 9.63. The van der Waals surface area contributed by atoms with Crippen LogP contribution in [0, 0.1) is 11.8 Å². The molecule has 0 aliphatic rings. The molecule has 0 spiro atoms. The number of anilines is 1. The van der Waals surface area contributed by atoms with Crippen molar-refractivity contribution in [1.82, 2.24) is 5.32 Å². The van der Waals surface area contributed by atoms with Crippen molar-refractivity contribution in [3.05, 3.63) is 64.7 Å². The molecule has 2 aromatic rings. The van der Waals surface area contributed by atoms with E-state index in [4.69, 9.17) is 11.6 Å². The molecule has 0 heterocycles. The summed E-state index contributed by atoms with van der Waals surface area (Å²) >= 11 is 6.20. The smallest absolute Gasteiger partial charge is 0.251 e. The SMILES string of the molecule is CC(C)C(NC(=O)c1ccc(N(Cc2ccccc2Cl)S(C)(=O)=O)cc1)C(C)C. The Hall–Kier alpha value is -2.05. The van der Waals surface area contributed by atoms with Gasteiger partial charge < -0.3 is 5.32 Å². The number of carbonyl (C=O) groups excluding carboxylic acids is 1. The summed E-state index contributed by atoms with van der Waals surface area (Å²) in [4.78, 5) is 12.6. The van der Waals surface area contributed by atoms with Gasteiger partial charge in [-0.25, -0.2) is 8.42 Å². The number of rotatable bonds is 8. The highest BCUT2D eigenvalue weighted by molar-refractivity contribution is 7.92. The first-order chi connectivity index (χ1) is 13.5. The highest BCUT2D eigenvalue weighted by Crippen LogP contribution is 2.24. The first-order valence-electron chi connectivity index (χ1n) is 9.62. The number of hydrogen-bond acceptors (Lipinski definition) is 3. The van der Waals surface area contributed by atoms with E-state index in [-0.39, 0.29) is 18.5 Å². The Balaban J connectivity index is 2.25. The van der Waals surface area contributed by atoms with E-state index in [2.05, 4.69) is 33.0 Å². The normalized spacial score (nSPS) is 11.9. The number of benzene rings is 2. The molecule has 0 saturated carbocycles. The van der Waals surface area contributed by atoms with Crippen LogP contribution in [0.3, 0.4) is 0 Å². The summed E-state index contributed by atoms with van der Waals surface area (Å²) in [5, 5.41) is 3.58. The summed E-state index contributed by atoms with van der Waals surface area (Å²) in [6.07, 6.45) is 1.15. The van der Waals surface area contributed by atoms with Crippen LogP contribution in [0.4, 0.5) is 5.69 Å². The van der Waals surface area contributed by atoms with Crippen LogP contribution in [-0.4, -0.2) is 26.6 Å². The maximum absolute atomic E-state index is 12.6. The Kier molecular flexibility index (Phi) is 7.72. The minimum Gasteiger partial charge on any atom is -0.349 e. The van der Waals surface area contributed by atoms with Gasteiger partial charge in [0.25, 0.3) is 5.91 Å². The Morgan fingerprint density at radius 2 is 1.55 bits per heavy atom. The molecular weight excluding hydrogens is 408 g/mol. The minimum atomic E-state index is -3.53. The molecule has 1 N–H and O–H groups in total. The third-order valence-corrected chi connectivity index (χ3v) is 6.33. The molecule has 0 aromatic heterocycles. The van der Waals surface area contributed by atoms with Crippen LogP contribution in [0.25, 0.3) is 0 Å². The molecule has 2 rings (SSSR count). The van der Waals surface area contributed by atoms with Crippen LogP contribution in [0.15, 0.2) is 48.5 Å². The molecule has 0 radical (unpaired) electrons. The fourth-order valence-electron chi connectivity index (χ4n) is 3.30. The van der Waals surface area contributed by atoms with Crippen LogP contribution in [0.1, 0.15) is 43.6 Å². The largest absolute Gasteiger partial charge is 0.349 e. The van der Waals surface area contributed by atoms with Gasteiger partial charge in [-0.2, -0.15) is 0 Å². The van der Waals surface area contributed by atoms with E-state index in [9.17, 15) is 13.2 Å². The molecule has 29 heavy (non-hydrogen) atoms. The molecular formula is C22H29ClN2O3S. The molecule has 0 fully saturated rings. The Labute approximate surface area is 179 Å². The molecule has 0 bridgehead atoms. The van der Waals surface area contributed by atoms with Gasteiger partial charge >= 0.3 is 0 Å². The van der Waals surface area contributed by atoms with Crippen molar-refractivity contribution in [3.63, 3.8) is 0 Å². The van der Waals surface area contributed by atoms with Crippen molar-refractivity contribution >= 4 is 33.2 Å². The Bertz CT molecular complexity index is 933. The number of halogens is 1. The first-order valence-corrected chi connectivity index (χ1v) is 11.9. The topological polar surface area (TPSA) is 66.5 Å². The second-order valence-corrected chi connectivity index (χ2v) is 10.2. The van der Waals surface area contributed by atoms with Gasteiger partial charge in [-0.15, -0.1) is 0 Å². The van der Waals surface area contributed by atoms with E-state index in [0.717, 1.165) is 6.26 Å². The lowest BCUT2D eigenvalue weighted by molar-refractivity contribution is 0.0910. The summed E-state index contributed by atoms with van der Waals surface area (Å²) in [6.45, 7) is 8.42.